The molecule has 2 aliphatic rings. The fourth-order valence-electron chi connectivity index (χ4n) is 2.37. The molecule has 2 rings (SSSR count). The zero-order valence-corrected chi connectivity index (χ0v) is 9.77. The van der Waals surface area contributed by atoms with Crippen LogP contribution in [-0.4, -0.2) is 39.8 Å². The van der Waals surface area contributed by atoms with Crippen LogP contribution in [0.3, 0.4) is 0 Å². The second-order valence-electron chi connectivity index (χ2n) is 5.49. The standard InChI is InChI=1S/C11H17NO4/c1-11(2,3)16-10(15)12-7-4-6(9(12)14)5-8(7)13/h6-8,13H,4-5H2,1-3H3/t6-,7+,8+/m0/s1. The Labute approximate surface area is 94.4 Å². The molecule has 1 saturated carbocycles. The molecular weight excluding hydrogens is 210 g/mol. The van der Waals surface area contributed by atoms with E-state index in [2.05, 4.69) is 0 Å². The molecule has 16 heavy (non-hydrogen) atoms. The highest BCUT2D eigenvalue weighted by Gasteiger charge is 2.53. The zero-order valence-electron chi connectivity index (χ0n) is 9.77. The van der Waals surface area contributed by atoms with Crippen LogP contribution < -0.4 is 0 Å². The molecule has 0 radical (unpaired) electrons. The molecule has 0 aromatic rings. The molecule has 0 spiro atoms. The number of amides is 2. The molecule has 90 valence electrons. The highest BCUT2D eigenvalue weighted by atomic mass is 16.6. The minimum absolute atomic E-state index is 0.201. The van der Waals surface area contributed by atoms with Gasteiger partial charge in [0, 0.05) is 5.92 Å². The van der Waals surface area contributed by atoms with E-state index >= 15 is 0 Å². The summed E-state index contributed by atoms with van der Waals surface area (Å²) in [5, 5.41) is 9.65. The number of aliphatic hydroxyl groups excluding tert-OH is 1. The molecule has 2 fully saturated rings. The number of rotatable bonds is 0. The van der Waals surface area contributed by atoms with E-state index < -0.39 is 17.8 Å². The molecule has 2 amide bonds. The number of fused-ring (bicyclic) bond motifs is 2. The topological polar surface area (TPSA) is 66.8 Å². The number of carbonyl (C=O) groups is 2. The Balaban J connectivity index is 2.10. The van der Waals surface area contributed by atoms with E-state index in [4.69, 9.17) is 4.74 Å². The van der Waals surface area contributed by atoms with Gasteiger partial charge in [-0.25, -0.2) is 9.69 Å². The SMILES string of the molecule is CC(C)(C)OC(=O)N1C(=O)[C@@H]2C[C@@H](O)[C@H]1C2. The molecule has 0 unspecified atom stereocenters. The van der Waals surface area contributed by atoms with E-state index in [0.29, 0.717) is 12.8 Å². The quantitative estimate of drug-likeness (QED) is 0.667. The first kappa shape index (κ1) is 11.4. The molecule has 1 aliphatic carbocycles. The molecule has 5 nitrogen and oxygen atoms in total. The zero-order chi connectivity index (χ0) is 12.1. The fraction of sp³-hybridized carbons (Fsp3) is 0.818. The minimum atomic E-state index is -0.635. The number of likely N-dealkylation sites (tertiary alicyclic amines) is 1. The van der Waals surface area contributed by atoms with Gasteiger partial charge in [-0.05, 0) is 33.6 Å². The van der Waals surface area contributed by atoms with Crippen LogP contribution in [0.15, 0.2) is 0 Å². The Morgan fingerprint density at radius 1 is 1.44 bits per heavy atom. The summed E-state index contributed by atoms with van der Waals surface area (Å²) in [5.74, 6) is -0.405. The molecule has 1 heterocycles. The number of ether oxygens (including phenoxy) is 1. The summed E-state index contributed by atoms with van der Waals surface area (Å²) in [5.41, 5.74) is -0.621. The Hall–Kier alpha value is -1.10. The summed E-state index contributed by atoms with van der Waals surface area (Å²) >= 11 is 0. The lowest BCUT2D eigenvalue weighted by Crippen LogP contribution is -2.49. The van der Waals surface area contributed by atoms with E-state index in [1.54, 1.807) is 20.8 Å². The Morgan fingerprint density at radius 2 is 2.06 bits per heavy atom. The number of nitrogens with zero attached hydrogens (tertiary/aromatic N) is 1. The van der Waals surface area contributed by atoms with Crippen molar-refractivity contribution in [3.05, 3.63) is 0 Å². The van der Waals surface area contributed by atoms with Gasteiger partial charge in [0.15, 0.2) is 0 Å². The monoisotopic (exact) mass is 227 g/mol. The minimum Gasteiger partial charge on any atom is -0.443 e. The van der Waals surface area contributed by atoms with Crippen LogP contribution in [0.2, 0.25) is 0 Å². The second-order valence-corrected chi connectivity index (χ2v) is 5.49. The van der Waals surface area contributed by atoms with Gasteiger partial charge in [0.2, 0.25) is 5.91 Å². The smallest absolute Gasteiger partial charge is 0.417 e. The fourth-order valence-corrected chi connectivity index (χ4v) is 2.37. The molecule has 1 aliphatic heterocycles. The lowest BCUT2D eigenvalue weighted by atomic mass is 10.1. The molecule has 3 atom stereocenters. The predicted octanol–water partition coefficient (Wildman–Crippen LogP) is 0.903. The van der Waals surface area contributed by atoms with E-state index in [1.165, 1.54) is 0 Å². The van der Waals surface area contributed by atoms with Crippen LogP contribution >= 0.6 is 0 Å². The molecule has 5 heteroatoms. The van der Waals surface area contributed by atoms with Crippen molar-refractivity contribution >= 4 is 12.0 Å². The predicted molar refractivity (Wildman–Crippen MR) is 55.6 cm³/mol. The Kier molecular flexibility index (Phi) is 2.45. The van der Waals surface area contributed by atoms with Crippen molar-refractivity contribution in [3.8, 4) is 0 Å². The first-order valence-corrected chi connectivity index (χ1v) is 5.54. The van der Waals surface area contributed by atoms with Gasteiger partial charge in [-0.1, -0.05) is 0 Å². The molecule has 0 aromatic heterocycles. The maximum absolute atomic E-state index is 11.8. The van der Waals surface area contributed by atoms with Gasteiger partial charge in [-0.15, -0.1) is 0 Å². The summed E-state index contributed by atoms with van der Waals surface area (Å²) in [6.07, 6.45) is -0.179. The van der Waals surface area contributed by atoms with Crippen molar-refractivity contribution in [2.75, 3.05) is 0 Å². The van der Waals surface area contributed by atoms with Gasteiger partial charge < -0.3 is 9.84 Å². The first-order valence-electron chi connectivity index (χ1n) is 5.54. The number of aliphatic hydroxyl groups is 1. The largest absolute Gasteiger partial charge is 0.443 e. The van der Waals surface area contributed by atoms with E-state index in [1.807, 2.05) is 0 Å². The molecule has 1 N–H and O–H groups in total. The maximum Gasteiger partial charge on any atom is 0.417 e. The van der Waals surface area contributed by atoms with Crippen LogP contribution in [0.25, 0.3) is 0 Å². The summed E-state index contributed by atoms with van der Waals surface area (Å²) in [7, 11) is 0. The third-order valence-corrected chi connectivity index (χ3v) is 3.00. The first-order chi connectivity index (χ1) is 7.29. The molecular formula is C11H17NO4. The third-order valence-electron chi connectivity index (χ3n) is 3.00. The number of carbonyl (C=O) groups excluding carboxylic acids is 2. The summed E-state index contributed by atoms with van der Waals surface area (Å²) in [4.78, 5) is 24.6. The highest BCUT2D eigenvalue weighted by molar-refractivity contribution is 5.96. The van der Waals surface area contributed by atoms with Gasteiger partial charge in [-0.3, -0.25) is 4.79 Å². The molecule has 0 aromatic carbocycles. The van der Waals surface area contributed by atoms with Gasteiger partial charge in [0.1, 0.15) is 5.60 Å². The van der Waals surface area contributed by atoms with Crippen molar-refractivity contribution < 1.29 is 19.4 Å². The third kappa shape index (κ3) is 1.80. The van der Waals surface area contributed by atoms with Crippen LogP contribution in [0.4, 0.5) is 4.79 Å². The average Bonchev–Trinajstić information content (AvgIpc) is 2.57. The molecule has 1 saturated heterocycles. The lowest BCUT2D eigenvalue weighted by molar-refractivity contribution is -0.136. The van der Waals surface area contributed by atoms with Crippen molar-refractivity contribution in [1.82, 2.24) is 4.90 Å². The van der Waals surface area contributed by atoms with Gasteiger partial charge >= 0.3 is 6.09 Å². The van der Waals surface area contributed by atoms with E-state index in [-0.39, 0.29) is 17.9 Å². The van der Waals surface area contributed by atoms with Crippen molar-refractivity contribution in [2.45, 2.75) is 51.4 Å². The van der Waals surface area contributed by atoms with E-state index in [0.717, 1.165) is 4.90 Å². The van der Waals surface area contributed by atoms with Crippen LogP contribution in [0.1, 0.15) is 33.6 Å². The normalized spacial score (nSPS) is 33.4. The van der Waals surface area contributed by atoms with Gasteiger partial charge in [0.25, 0.3) is 0 Å². The number of piperidine rings is 1. The van der Waals surface area contributed by atoms with Gasteiger partial charge in [-0.2, -0.15) is 0 Å². The lowest BCUT2D eigenvalue weighted by Gasteiger charge is -2.30. The summed E-state index contributed by atoms with van der Waals surface area (Å²) in [6, 6.07) is -0.382. The highest BCUT2D eigenvalue weighted by Crippen LogP contribution is 2.39. The van der Waals surface area contributed by atoms with Crippen molar-refractivity contribution in [3.63, 3.8) is 0 Å². The van der Waals surface area contributed by atoms with Crippen LogP contribution in [0.5, 0.6) is 0 Å². The maximum atomic E-state index is 11.8. The summed E-state index contributed by atoms with van der Waals surface area (Å²) < 4.78 is 5.15. The Morgan fingerprint density at radius 3 is 2.56 bits per heavy atom. The Bertz CT molecular complexity index is 333. The molecule has 2 bridgehead atoms. The number of hydrogen-bond donors (Lipinski definition) is 1. The number of imide groups is 1. The van der Waals surface area contributed by atoms with Gasteiger partial charge in [0.05, 0.1) is 12.1 Å². The average molecular weight is 227 g/mol. The van der Waals surface area contributed by atoms with E-state index in [9.17, 15) is 14.7 Å². The van der Waals surface area contributed by atoms with Crippen molar-refractivity contribution in [1.29, 1.82) is 0 Å². The van der Waals surface area contributed by atoms with Crippen molar-refractivity contribution in [2.24, 2.45) is 5.92 Å². The number of hydrogen-bond acceptors (Lipinski definition) is 4. The summed E-state index contributed by atoms with van der Waals surface area (Å²) in [6.45, 7) is 5.25. The van der Waals surface area contributed by atoms with Crippen LogP contribution in [0, 0.1) is 5.92 Å². The second kappa shape index (κ2) is 3.45. The van der Waals surface area contributed by atoms with Crippen LogP contribution in [-0.2, 0) is 9.53 Å².